The van der Waals surface area contributed by atoms with Gasteiger partial charge in [0.1, 0.15) is 5.01 Å². The molecule has 1 atom stereocenters. The van der Waals surface area contributed by atoms with Crippen molar-refractivity contribution >= 4 is 55.5 Å². The van der Waals surface area contributed by atoms with Gasteiger partial charge in [-0.15, -0.1) is 0 Å². The average molecular weight is 575 g/mol. The van der Waals surface area contributed by atoms with Crippen molar-refractivity contribution in [3.05, 3.63) is 120 Å². The maximum atomic E-state index is 4.45. The predicted octanol–water partition coefficient (Wildman–Crippen LogP) is 10.1. The van der Waals surface area contributed by atoms with Crippen molar-refractivity contribution < 1.29 is 0 Å². The van der Waals surface area contributed by atoms with Crippen molar-refractivity contribution in [2.75, 3.05) is 5.32 Å². The number of thioether (sulfide) groups is 1. The van der Waals surface area contributed by atoms with Crippen LogP contribution < -0.4 is 5.32 Å². The van der Waals surface area contributed by atoms with Gasteiger partial charge in [0.2, 0.25) is 4.73 Å². The molecule has 4 aromatic rings. The Morgan fingerprint density at radius 3 is 2.69 bits per heavy atom. The van der Waals surface area contributed by atoms with Crippen LogP contribution in [0.25, 0.3) is 15.5 Å². The molecule has 0 radical (unpaired) electrons. The summed E-state index contributed by atoms with van der Waals surface area (Å²) in [6.07, 6.45) is 9.51. The normalized spacial score (nSPS) is 12.6. The van der Waals surface area contributed by atoms with Crippen LogP contribution in [0.5, 0.6) is 0 Å². The fourth-order valence-electron chi connectivity index (χ4n) is 3.81. The molecule has 4 rings (SSSR count). The zero-order chi connectivity index (χ0) is 25.3. The van der Waals surface area contributed by atoms with E-state index in [-0.39, 0.29) is 0 Å². The average Bonchev–Trinajstić information content (AvgIpc) is 3.34. The van der Waals surface area contributed by atoms with Crippen LogP contribution in [0.2, 0.25) is 0 Å². The van der Waals surface area contributed by atoms with Crippen molar-refractivity contribution in [3.8, 4) is 10.6 Å². The number of hydrogen-bond donors (Lipinski definition) is 1. The molecule has 182 valence electrons. The van der Waals surface area contributed by atoms with E-state index in [0.717, 1.165) is 38.8 Å². The van der Waals surface area contributed by atoms with Crippen LogP contribution in [0.1, 0.15) is 37.3 Å². The highest BCUT2D eigenvalue weighted by Crippen LogP contribution is 2.41. The van der Waals surface area contributed by atoms with Gasteiger partial charge in [-0.25, -0.2) is 4.98 Å². The van der Waals surface area contributed by atoms with Gasteiger partial charge in [0.15, 0.2) is 0 Å². The van der Waals surface area contributed by atoms with Crippen LogP contribution in [-0.2, 0) is 0 Å². The van der Waals surface area contributed by atoms with E-state index in [4.69, 9.17) is 0 Å². The van der Waals surface area contributed by atoms with Gasteiger partial charge >= 0.3 is 0 Å². The molecule has 0 aliphatic rings. The summed E-state index contributed by atoms with van der Waals surface area (Å²) >= 11 is 6.50. The smallest absolute Gasteiger partial charge is 0.209 e. The molecule has 1 N–H and O–H groups in total. The molecule has 0 aliphatic heterocycles. The van der Waals surface area contributed by atoms with Crippen LogP contribution in [0.15, 0.2) is 113 Å². The Morgan fingerprint density at radius 1 is 1.11 bits per heavy atom. The Hall–Kier alpha value is -2.93. The number of nitrogens with zero attached hydrogens (tertiary/aromatic N) is 2. The lowest BCUT2D eigenvalue weighted by Gasteiger charge is -2.18. The minimum atomic E-state index is 0.343. The highest BCUT2D eigenvalue weighted by atomic mass is 79.9. The molecular weight excluding hydrogens is 546 g/mol. The standard InChI is InChI=1S/C30H28BrN3S2/c1-4-6-13-21(3)24-16-8-10-19-28(24)35-27(12-5-2)25-17-7-9-18-26(25)32-23-15-11-14-22(20-23)29-33-30(31)34-36-29/h5-21,32H,2,4H2,1,3H3/b13-6-,27-12-. The van der Waals surface area contributed by atoms with Gasteiger partial charge in [0.05, 0.1) is 0 Å². The third-order valence-corrected chi connectivity index (χ3v) is 8.06. The van der Waals surface area contributed by atoms with Gasteiger partial charge < -0.3 is 5.32 Å². The van der Waals surface area contributed by atoms with E-state index in [1.54, 1.807) is 11.8 Å². The van der Waals surface area contributed by atoms with Crippen molar-refractivity contribution in [2.45, 2.75) is 31.1 Å². The van der Waals surface area contributed by atoms with Gasteiger partial charge in [-0.1, -0.05) is 98.9 Å². The summed E-state index contributed by atoms with van der Waals surface area (Å²) in [4.78, 5) is 6.84. The predicted molar refractivity (Wildman–Crippen MR) is 161 cm³/mol. The lowest BCUT2D eigenvalue weighted by molar-refractivity contribution is 0.926. The third-order valence-electron chi connectivity index (χ3n) is 5.54. The quantitative estimate of drug-likeness (QED) is 0.116. The fourth-order valence-corrected chi connectivity index (χ4v) is 6.09. The van der Waals surface area contributed by atoms with Crippen LogP contribution in [0, 0.1) is 0 Å². The lowest BCUT2D eigenvalue weighted by atomic mass is 10.0. The van der Waals surface area contributed by atoms with Crippen molar-refractivity contribution in [2.24, 2.45) is 0 Å². The minimum absolute atomic E-state index is 0.343. The molecule has 0 aliphatic carbocycles. The highest BCUT2D eigenvalue weighted by molar-refractivity contribution is 9.10. The zero-order valence-electron chi connectivity index (χ0n) is 20.3. The molecule has 36 heavy (non-hydrogen) atoms. The molecular formula is C30H28BrN3S2. The van der Waals surface area contributed by atoms with E-state index >= 15 is 0 Å². The van der Waals surface area contributed by atoms with Crippen LogP contribution >= 0.6 is 39.2 Å². The molecule has 1 unspecified atom stereocenters. The van der Waals surface area contributed by atoms with E-state index in [1.807, 2.05) is 18.2 Å². The molecule has 3 aromatic carbocycles. The Labute approximate surface area is 230 Å². The molecule has 0 fully saturated rings. The molecule has 3 nitrogen and oxygen atoms in total. The van der Waals surface area contributed by atoms with Crippen LogP contribution in [0.3, 0.4) is 0 Å². The van der Waals surface area contributed by atoms with Gasteiger partial charge in [0, 0.05) is 38.2 Å². The van der Waals surface area contributed by atoms with E-state index in [2.05, 4.69) is 130 Å². The third kappa shape index (κ3) is 6.64. The molecule has 0 spiro atoms. The first-order chi connectivity index (χ1) is 17.6. The summed E-state index contributed by atoms with van der Waals surface area (Å²) in [6.45, 7) is 8.41. The minimum Gasteiger partial charge on any atom is -0.355 e. The molecule has 1 heterocycles. The summed E-state index contributed by atoms with van der Waals surface area (Å²) in [5.41, 5.74) is 5.50. The number of allylic oxidation sites excluding steroid dienone is 4. The summed E-state index contributed by atoms with van der Waals surface area (Å²) in [5, 5.41) is 4.50. The van der Waals surface area contributed by atoms with Gasteiger partial charge in [0.25, 0.3) is 0 Å². The molecule has 0 bridgehead atoms. The maximum absolute atomic E-state index is 4.45. The van der Waals surface area contributed by atoms with E-state index < -0.39 is 0 Å². The molecule has 0 saturated heterocycles. The van der Waals surface area contributed by atoms with Crippen molar-refractivity contribution in [1.82, 2.24) is 9.36 Å². The zero-order valence-corrected chi connectivity index (χ0v) is 23.5. The molecule has 1 aromatic heterocycles. The van der Waals surface area contributed by atoms with Gasteiger partial charge in [-0.05, 0) is 69.8 Å². The lowest BCUT2D eigenvalue weighted by Crippen LogP contribution is -1.96. The van der Waals surface area contributed by atoms with Crippen LogP contribution in [-0.4, -0.2) is 9.36 Å². The Kier molecular flexibility index (Phi) is 9.34. The van der Waals surface area contributed by atoms with Gasteiger partial charge in [-0.3, -0.25) is 0 Å². The number of halogens is 1. The van der Waals surface area contributed by atoms with E-state index in [1.165, 1.54) is 22.0 Å². The second kappa shape index (κ2) is 12.9. The summed E-state index contributed by atoms with van der Waals surface area (Å²) in [7, 11) is 0. The Morgan fingerprint density at radius 2 is 1.92 bits per heavy atom. The number of nitrogens with one attached hydrogen (secondary N) is 1. The number of benzene rings is 3. The first-order valence-corrected chi connectivity index (χ1v) is 14.2. The fraction of sp³-hybridized carbons (Fsp3) is 0.133. The Bertz CT molecular complexity index is 1390. The monoisotopic (exact) mass is 573 g/mol. The number of anilines is 2. The van der Waals surface area contributed by atoms with Crippen molar-refractivity contribution in [3.63, 3.8) is 0 Å². The van der Waals surface area contributed by atoms with Gasteiger partial charge in [-0.2, -0.15) is 4.37 Å². The largest absolute Gasteiger partial charge is 0.355 e. The number of rotatable bonds is 10. The molecule has 6 heteroatoms. The maximum Gasteiger partial charge on any atom is 0.209 e. The Balaban J connectivity index is 1.65. The van der Waals surface area contributed by atoms with Crippen LogP contribution in [0.4, 0.5) is 11.4 Å². The summed E-state index contributed by atoms with van der Waals surface area (Å²) in [5.74, 6) is 0.343. The highest BCUT2D eigenvalue weighted by Gasteiger charge is 2.14. The second-order valence-electron chi connectivity index (χ2n) is 8.15. The topological polar surface area (TPSA) is 37.8 Å². The molecule has 0 amide bonds. The first-order valence-electron chi connectivity index (χ1n) is 11.8. The summed E-state index contributed by atoms with van der Waals surface area (Å²) < 4.78 is 4.86. The number of aromatic nitrogens is 2. The number of hydrogen-bond acceptors (Lipinski definition) is 5. The van der Waals surface area contributed by atoms with E-state index in [9.17, 15) is 0 Å². The second-order valence-corrected chi connectivity index (χ2v) is 10.7. The first kappa shape index (κ1) is 26.1. The molecule has 0 saturated carbocycles. The number of para-hydroxylation sites is 1. The van der Waals surface area contributed by atoms with Crippen molar-refractivity contribution in [1.29, 1.82) is 0 Å². The SMILES string of the molecule is C=C/C=C(\Sc1ccccc1C(C)/C=C\CC)c1ccccc1Nc1cccc(-c2nc(Br)ns2)c1. The summed E-state index contributed by atoms with van der Waals surface area (Å²) in [6, 6.07) is 25.3. The van der Waals surface area contributed by atoms with E-state index in [0.29, 0.717) is 10.7 Å².